The first-order valence-electron chi connectivity index (χ1n) is 8.71. The number of para-hydroxylation sites is 2. The van der Waals surface area contributed by atoms with Crippen molar-refractivity contribution < 1.29 is 37.4 Å². The lowest BCUT2D eigenvalue weighted by Crippen LogP contribution is -2.30. The highest BCUT2D eigenvalue weighted by Crippen LogP contribution is 2.26. The smallest absolute Gasteiger partial charge is 0.387 e. The molecule has 8 nitrogen and oxygen atoms in total. The Hall–Kier alpha value is -3.82. The maximum absolute atomic E-state index is 12.5. The number of benzene rings is 2. The number of esters is 1. The summed E-state index contributed by atoms with van der Waals surface area (Å²) in [6, 6.07) is 9.42. The molecule has 2 aromatic rings. The van der Waals surface area contributed by atoms with Crippen molar-refractivity contribution in [2.24, 2.45) is 0 Å². The fraction of sp³-hybridized carbons (Fsp3) is 0.200. The van der Waals surface area contributed by atoms with E-state index in [1.54, 1.807) is 0 Å². The van der Waals surface area contributed by atoms with Crippen LogP contribution in [0.4, 0.5) is 14.5 Å². The van der Waals surface area contributed by atoms with Gasteiger partial charge in [0.1, 0.15) is 5.75 Å². The van der Waals surface area contributed by atoms with E-state index in [-0.39, 0.29) is 28.1 Å². The number of nitrogens with one attached hydrogen (secondary N) is 1. The van der Waals surface area contributed by atoms with Gasteiger partial charge in [0.05, 0.1) is 22.4 Å². The van der Waals surface area contributed by atoms with Crippen LogP contribution in [0.3, 0.4) is 0 Å². The Balaban J connectivity index is 1.69. The quantitative estimate of drug-likeness (QED) is 0.572. The topological polar surface area (TPSA) is 102 Å². The van der Waals surface area contributed by atoms with Crippen molar-refractivity contribution in [3.63, 3.8) is 0 Å². The third-order valence-electron chi connectivity index (χ3n) is 4.34. The molecule has 0 aromatic heterocycles. The van der Waals surface area contributed by atoms with Gasteiger partial charge in [-0.15, -0.1) is 0 Å². The summed E-state index contributed by atoms with van der Waals surface area (Å²) in [6.07, 6.45) is -1.29. The molecule has 0 saturated heterocycles. The maximum Gasteiger partial charge on any atom is 0.387 e. The summed E-state index contributed by atoms with van der Waals surface area (Å²) in [5, 5.41) is 2.35. The van der Waals surface area contributed by atoms with E-state index in [4.69, 9.17) is 4.74 Å². The number of anilines is 1. The van der Waals surface area contributed by atoms with E-state index in [0.29, 0.717) is 0 Å². The molecule has 0 spiro atoms. The number of ether oxygens (including phenoxy) is 2. The molecule has 30 heavy (non-hydrogen) atoms. The molecule has 1 unspecified atom stereocenters. The second-order valence-electron chi connectivity index (χ2n) is 6.34. The molecule has 0 saturated carbocycles. The van der Waals surface area contributed by atoms with Gasteiger partial charge in [0.2, 0.25) is 0 Å². The van der Waals surface area contributed by atoms with Gasteiger partial charge in [-0.25, -0.2) is 4.79 Å². The van der Waals surface area contributed by atoms with Gasteiger partial charge in [0, 0.05) is 7.05 Å². The first-order chi connectivity index (χ1) is 14.2. The molecule has 1 N–H and O–H groups in total. The van der Waals surface area contributed by atoms with Gasteiger partial charge in [0.25, 0.3) is 17.7 Å². The average Bonchev–Trinajstić information content (AvgIpc) is 2.92. The number of alkyl halides is 2. The minimum atomic E-state index is -3.08. The summed E-state index contributed by atoms with van der Waals surface area (Å²) in [6.45, 7) is -1.79. The zero-order valence-corrected chi connectivity index (χ0v) is 15.8. The Morgan fingerprint density at radius 1 is 1.03 bits per heavy atom. The molecular weight excluding hydrogens is 402 g/mol. The van der Waals surface area contributed by atoms with Crippen molar-refractivity contribution in [1.29, 1.82) is 0 Å². The van der Waals surface area contributed by atoms with Crippen LogP contribution < -0.4 is 10.1 Å². The zero-order chi connectivity index (χ0) is 22.0. The second-order valence-corrected chi connectivity index (χ2v) is 6.34. The van der Waals surface area contributed by atoms with Gasteiger partial charge in [-0.3, -0.25) is 19.3 Å². The second kappa shape index (κ2) is 8.27. The number of hydrogen-bond acceptors (Lipinski definition) is 6. The van der Waals surface area contributed by atoms with E-state index < -0.39 is 36.4 Å². The molecule has 3 rings (SSSR count). The Bertz CT molecular complexity index is 1040. The van der Waals surface area contributed by atoms with Crippen LogP contribution in [-0.4, -0.2) is 48.4 Å². The van der Waals surface area contributed by atoms with Gasteiger partial charge >= 0.3 is 12.6 Å². The first-order valence-corrected chi connectivity index (χ1v) is 8.71. The molecule has 2 aromatic carbocycles. The average molecular weight is 418 g/mol. The normalized spacial score (nSPS) is 13.8. The summed E-state index contributed by atoms with van der Waals surface area (Å²) in [5.74, 6) is -2.95. The third kappa shape index (κ3) is 4.12. The fourth-order valence-electron chi connectivity index (χ4n) is 2.77. The highest BCUT2D eigenvalue weighted by molar-refractivity contribution is 6.21. The number of imide groups is 1. The third-order valence-corrected chi connectivity index (χ3v) is 4.34. The van der Waals surface area contributed by atoms with Crippen molar-refractivity contribution in [3.8, 4) is 5.75 Å². The van der Waals surface area contributed by atoms with Gasteiger partial charge in [-0.1, -0.05) is 12.1 Å². The number of amides is 3. The van der Waals surface area contributed by atoms with Crippen LogP contribution in [0.25, 0.3) is 0 Å². The number of fused-ring (bicyclic) bond motifs is 1. The minimum Gasteiger partial charge on any atom is -0.449 e. The predicted molar refractivity (Wildman–Crippen MR) is 99.4 cm³/mol. The van der Waals surface area contributed by atoms with Crippen LogP contribution in [0.15, 0.2) is 42.5 Å². The summed E-state index contributed by atoms with van der Waals surface area (Å²) in [7, 11) is 1.32. The number of rotatable bonds is 6. The lowest BCUT2D eigenvalue weighted by molar-refractivity contribution is -0.123. The largest absolute Gasteiger partial charge is 0.449 e. The summed E-state index contributed by atoms with van der Waals surface area (Å²) >= 11 is 0. The van der Waals surface area contributed by atoms with Gasteiger partial charge in [-0.05, 0) is 37.3 Å². The van der Waals surface area contributed by atoms with Crippen LogP contribution in [0.1, 0.15) is 38.0 Å². The summed E-state index contributed by atoms with van der Waals surface area (Å²) < 4.78 is 34.4. The molecule has 0 aliphatic carbocycles. The molecule has 1 heterocycles. The minimum absolute atomic E-state index is 0.0182. The van der Waals surface area contributed by atoms with Crippen LogP contribution in [0, 0.1) is 0 Å². The monoisotopic (exact) mass is 418 g/mol. The summed E-state index contributed by atoms with van der Waals surface area (Å²) in [5.41, 5.74) is 0.189. The van der Waals surface area contributed by atoms with Crippen molar-refractivity contribution in [3.05, 3.63) is 59.2 Å². The standard InChI is InChI=1S/C20H16F2N2O6/c1-10(16(25)23-14-5-3-4-6-15(14)30-20(21)22)29-19(28)11-7-8-12-13(9-11)18(27)24(2)17(12)26/h3-10,20H,1-2H3,(H,23,25). The first kappa shape index (κ1) is 20.9. The highest BCUT2D eigenvalue weighted by Gasteiger charge is 2.33. The van der Waals surface area contributed by atoms with E-state index in [1.807, 2.05) is 0 Å². The van der Waals surface area contributed by atoms with Crippen LogP contribution in [-0.2, 0) is 9.53 Å². The Morgan fingerprint density at radius 2 is 1.70 bits per heavy atom. The SMILES string of the molecule is CC(OC(=O)c1ccc2c(c1)C(=O)N(C)C2=O)C(=O)Nc1ccccc1OC(F)F. The van der Waals surface area contributed by atoms with Crippen LogP contribution >= 0.6 is 0 Å². The maximum atomic E-state index is 12.5. The molecule has 0 bridgehead atoms. The molecular formula is C20H16F2N2O6. The fourth-order valence-corrected chi connectivity index (χ4v) is 2.77. The van der Waals surface area contributed by atoms with Gasteiger partial charge in [0.15, 0.2) is 6.10 Å². The number of hydrogen-bond donors (Lipinski definition) is 1. The number of nitrogens with zero attached hydrogens (tertiary/aromatic N) is 1. The van der Waals surface area contributed by atoms with E-state index in [2.05, 4.69) is 10.1 Å². The van der Waals surface area contributed by atoms with Crippen LogP contribution in [0.5, 0.6) is 5.75 Å². The Morgan fingerprint density at radius 3 is 2.40 bits per heavy atom. The van der Waals surface area contributed by atoms with E-state index in [0.717, 1.165) is 4.90 Å². The van der Waals surface area contributed by atoms with Gasteiger partial charge < -0.3 is 14.8 Å². The van der Waals surface area contributed by atoms with Crippen molar-refractivity contribution >= 4 is 29.4 Å². The van der Waals surface area contributed by atoms with Crippen molar-refractivity contribution in [2.75, 3.05) is 12.4 Å². The van der Waals surface area contributed by atoms with Crippen LogP contribution in [0.2, 0.25) is 0 Å². The molecule has 0 radical (unpaired) electrons. The molecule has 3 amide bonds. The van der Waals surface area contributed by atoms with E-state index >= 15 is 0 Å². The molecule has 10 heteroatoms. The molecule has 156 valence electrons. The molecule has 0 fully saturated rings. The van der Waals surface area contributed by atoms with Crippen molar-refractivity contribution in [2.45, 2.75) is 19.6 Å². The van der Waals surface area contributed by atoms with Gasteiger partial charge in [-0.2, -0.15) is 8.78 Å². The highest BCUT2D eigenvalue weighted by atomic mass is 19.3. The molecule has 1 aliphatic heterocycles. The lowest BCUT2D eigenvalue weighted by Gasteiger charge is -2.16. The number of carbonyl (C=O) groups excluding carboxylic acids is 4. The number of halogens is 2. The Labute approximate surface area is 169 Å². The van der Waals surface area contributed by atoms with Crippen molar-refractivity contribution in [1.82, 2.24) is 4.90 Å². The molecule has 1 atom stereocenters. The summed E-state index contributed by atoms with van der Waals surface area (Å²) in [4.78, 5) is 49.5. The number of carbonyl (C=O) groups is 4. The molecule has 1 aliphatic rings. The van der Waals surface area contributed by atoms with E-state index in [1.165, 1.54) is 56.4 Å². The predicted octanol–water partition coefficient (Wildman–Crippen LogP) is 2.70. The zero-order valence-electron chi connectivity index (χ0n) is 15.8. The van der Waals surface area contributed by atoms with E-state index in [9.17, 15) is 28.0 Å². The Kier molecular flexibility index (Phi) is 5.77. The lowest BCUT2D eigenvalue weighted by atomic mass is 10.1.